The summed E-state index contributed by atoms with van der Waals surface area (Å²) in [6.07, 6.45) is 3.61. The molecule has 4 heteroatoms. The molecule has 0 aromatic heterocycles. The van der Waals surface area contributed by atoms with Gasteiger partial charge in [-0.3, -0.25) is 4.79 Å². The van der Waals surface area contributed by atoms with Crippen LogP contribution in [-0.2, 0) is 11.2 Å². The zero-order valence-corrected chi connectivity index (χ0v) is 15.2. The number of anilines is 2. The van der Waals surface area contributed by atoms with E-state index < -0.39 is 0 Å². The first-order valence-electron chi connectivity index (χ1n) is 9.69. The number of fused-ring (bicyclic) bond motifs is 1. The lowest BCUT2D eigenvalue weighted by atomic mass is 10.1. The molecule has 1 fully saturated rings. The molecule has 0 bridgehead atoms. The van der Waals surface area contributed by atoms with E-state index in [-0.39, 0.29) is 5.91 Å². The van der Waals surface area contributed by atoms with Crippen molar-refractivity contribution in [3.63, 3.8) is 0 Å². The van der Waals surface area contributed by atoms with Crippen LogP contribution in [-0.4, -0.2) is 38.6 Å². The molecule has 136 valence electrons. The quantitative estimate of drug-likeness (QED) is 0.834. The summed E-state index contributed by atoms with van der Waals surface area (Å²) in [5.41, 5.74) is 3.73. The highest BCUT2D eigenvalue weighted by Gasteiger charge is 2.29. The largest absolute Gasteiger partial charge is 0.368 e. The molecule has 1 aliphatic heterocycles. The van der Waals surface area contributed by atoms with Gasteiger partial charge in [-0.15, -0.1) is 0 Å². The number of hydrogen-bond donors (Lipinski definition) is 1. The minimum atomic E-state index is 0.103. The van der Waals surface area contributed by atoms with E-state index in [1.54, 1.807) is 0 Å². The number of hydrogen-bond acceptors (Lipinski definition) is 3. The minimum Gasteiger partial charge on any atom is -0.368 e. The molecule has 1 heterocycles. The van der Waals surface area contributed by atoms with Crippen molar-refractivity contribution in [3.05, 3.63) is 60.2 Å². The summed E-state index contributed by atoms with van der Waals surface area (Å²) in [5, 5.41) is 3.07. The molecule has 0 saturated heterocycles. The van der Waals surface area contributed by atoms with Gasteiger partial charge in [-0.25, -0.2) is 0 Å². The Bertz CT molecular complexity index is 742. The van der Waals surface area contributed by atoms with Crippen molar-refractivity contribution in [1.29, 1.82) is 0 Å². The van der Waals surface area contributed by atoms with Crippen LogP contribution < -0.4 is 15.1 Å². The lowest BCUT2D eigenvalue weighted by Gasteiger charge is -2.38. The van der Waals surface area contributed by atoms with Crippen molar-refractivity contribution in [2.75, 3.05) is 42.5 Å². The average Bonchev–Trinajstić information content (AvgIpc) is 3.49. The number of para-hydroxylation sites is 2. The van der Waals surface area contributed by atoms with Crippen LogP contribution in [0.3, 0.4) is 0 Å². The van der Waals surface area contributed by atoms with E-state index in [9.17, 15) is 4.79 Å². The number of nitrogens with zero attached hydrogens (tertiary/aromatic N) is 2. The summed E-state index contributed by atoms with van der Waals surface area (Å²) in [4.78, 5) is 17.1. The van der Waals surface area contributed by atoms with E-state index in [1.807, 2.05) is 18.2 Å². The van der Waals surface area contributed by atoms with Crippen molar-refractivity contribution in [2.45, 2.75) is 19.3 Å². The lowest BCUT2D eigenvalue weighted by molar-refractivity contribution is -0.119. The summed E-state index contributed by atoms with van der Waals surface area (Å²) in [5.74, 6) is 0.974. The maximum absolute atomic E-state index is 12.4. The summed E-state index contributed by atoms with van der Waals surface area (Å²) in [6, 6.07) is 18.8. The number of carbonyl (C=O) groups excluding carboxylic acids is 1. The molecule has 1 N–H and O–H groups in total. The minimum absolute atomic E-state index is 0.103. The second kappa shape index (κ2) is 7.81. The van der Waals surface area contributed by atoms with Gasteiger partial charge in [0.1, 0.15) is 0 Å². The zero-order valence-electron chi connectivity index (χ0n) is 15.2. The standard InChI is InChI=1S/C22H27N3O/c26-22(23-13-12-18-6-2-1-3-7-18)17-25-15-14-24(16-19-10-11-19)20-8-4-5-9-21(20)25/h1-9,19H,10-17H2,(H,23,26). The van der Waals surface area contributed by atoms with Crippen molar-refractivity contribution >= 4 is 17.3 Å². The van der Waals surface area contributed by atoms with E-state index in [2.05, 4.69) is 51.5 Å². The van der Waals surface area contributed by atoms with Crippen LogP contribution in [0.25, 0.3) is 0 Å². The number of rotatable bonds is 7. The smallest absolute Gasteiger partial charge is 0.239 e. The van der Waals surface area contributed by atoms with Gasteiger partial charge in [0.2, 0.25) is 5.91 Å². The molecule has 0 unspecified atom stereocenters. The second-order valence-electron chi connectivity index (χ2n) is 7.39. The van der Waals surface area contributed by atoms with Crippen LogP contribution in [0, 0.1) is 5.92 Å². The molecule has 2 aromatic carbocycles. The Kier molecular flexibility index (Phi) is 5.09. The van der Waals surface area contributed by atoms with Crippen LogP contribution in [0.2, 0.25) is 0 Å². The number of amides is 1. The van der Waals surface area contributed by atoms with Gasteiger partial charge in [0, 0.05) is 26.2 Å². The fourth-order valence-electron chi connectivity index (χ4n) is 3.67. The van der Waals surface area contributed by atoms with Gasteiger partial charge in [0.15, 0.2) is 0 Å². The molecule has 4 rings (SSSR count). The summed E-state index contributed by atoms with van der Waals surface area (Å²) >= 11 is 0. The summed E-state index contributed by atoms with van der Waals surface area (Å²) in [6.45, 7) is 4.20. The second-order valence-corrected chi connectivity index (χ2v) is 7.39. The molecule has 1 saturated carbocycles. The van der Waals surface area contributed by atoms with Crippen LogP contribution >= 0.6 is 0 Å². The maximum atomic E-state index is 12.4. The Balaban J connectivity index is 1.33. The zero-order chi connectivity index (χ0) is 17.8. The van der Waals surface area contributed by atoms with Crippen LogP contribution in [0.4, 0.5) is 11.4 Å². The van der Waals surface area contributed by atoms with E-state index in [4.69, 9.17) is 0 Å². The van der Waals surface area contributed by atoms with Gasteiger partial charge in [-0.1, -0.05) is 42.5 Å². The first-order chi connectivity index (χ1) is 12.8. The van der Waals surface area contributed by atoms with Gasteiger partial charge in [0.05, 0.1) is 17.9 Å². The average molecular weight is 349 g/mol. The topological polar surface area (TPSA) is 35.6 Å². The molecule has 0 spiro atoms. The van der Waals surface area contributed by atoms with Crippen molar-refractivity contribution in [3.8, 4) is 0 Å². The molecule has 26 heavy (non-hydrogen) atoms. The SMILES string of the molecule is O=C(CN1CCN(CC2CC2)c2ccccc21)NCCc1ccccc1. The fraction of sp³-hybridized carbons (Fsp3) is 0.409. The lowest BCUT2D eigenvalue weighted by Crippen LogP contribution is -2.46. The molecule has 1 aliphatic carbocycles. The molecular formula is C22H27N3O. The third-order valence-corrected chi connectivity index (χ3v) is 5.29. The van der Waals surface area contributed by atoms with E-state index in [1.165, 1.54) is 29.8 Å². The predicted molar refractivity (Wildman–Crippen MR) is 107 cm³/mol. The van der Waals surface area contributed by atoms with Crippen LogP contribution in [0.15, 0.2) is 54.6 Å². The van der Waals surface area contributed by atoms with Crippen LogP contribution in [0.1, 0.15) is 18.4 Å². The van der Waals surface area contributed by atoms with Crippen molar-refractivity contribution < 1.29 is 4.79 Å². The molecular weight excluding hydrogens is 322 g/mol. The Morgan fingerprint density at radius 3 is 2.31 bits per heavy atom. The fourth-order valence-corrected chi connectivity index (χ4v) is 3.67. The number of carbonyl (C=O) groups is 1. The first kappa shape index (κ1) is 17.0. The van der Waals surface area contributed by atoms with Crippen LogP contribution in [0.5, 0.6) is 0 Å². The Morgan fingerprint density at radius 1 is 0.923 bits per heavy atom. The molecule has 1 amide bonds. The number of benzene rings is 2. The molecule has 0 atom stereocenters. The van der Waals surface area contributed by atoms with Crippen molar-refractivity contribution in [1.82, 2.24) is 5.32 Å². The molecule has 2 aromatic rings. The van der Waals surface area contributed by atoms with Gasteiger partial charge >= 0.3 is 0 Å². The Morgan fingerprint density at radius 2 is 1.58 bits per heavy atom. The highest BCUT2D eigenvalue weighted by atomic mass is 16.2. The Hall–Kier alpha value is -2.49. The molecule has 4 nitrogen and oxygen atoms in total. The third kappa shape index (κ3) is 4.18. The van der Waals surface area contributed by atoms with Gasteiger partial charge in [-0.05, 0) is 42.9 Å². The third-order valence-electron chi connectivity index (χ3n) is 5.29. The van der Waals surface area contributed by atoms with E-state index in [0.29, 0.717) is 13.1 Å². The predicted octanol–water partition coefficient (Wildman–Crippen LogP) is 3.08. The van der Waals surface area contributed by atoms with Gasteiger partial charge in [0.25, 0.3) is 0 Å². The highest BCUT2D eigenvalue weighted by Crippen LogP contribution is 2.37. The van der Waals surface area contributed by atoms with Gasteiger partial charge in [-0.2, -0.15) is 0 Å². The monoisotopic (exact) mass is 349 g/mol. The molecule has 2 aliphatic rings. The first-order valence-corrected chi connectivity index (χ1v) is 9.69. The van der Waals surface area contributed by atoms with Crippen molar-refractivity contribution in [2.24, 2.45) is 5.92 Å². The van der Waals surface area contributed by atoms with E-state index in [0.717, 1.165) is 32.0 Å². The summed E-state index contributed by atoms with van der Waals surface area (Å²) < 4.78 is 0. The summed E-state index contributed by atoms with van der Waals surface area (Å²) in [7, 11) is 0. The van der Waals surface area contributed by atoms with E-state index >= 15 is 0 Å². The highest BCUT2D eigenvalue weighted by molar-refractivity contribution is 5.84. The Labute approximate surface area is 155 Å². The van der Waals surface area contributed by atoms with Gasteiger partial charge < -0.3 is 15.1 Å². The normalized spacial score (nSPS) is 16.3. The number of nitrogens with one attached hydrogen (secondary N) is 1. The maximum Gasteiger partial charge on any atom is 0.239 e. The molecule has 0 radical (unpaired) electrons.